The highest BCUT2D eigenvalue weighted by Gasteiger charge is 2.20. The predicted molar refractivity (Wildman–Crippen MR) is 91.2 cm³/mol. The molecule has 122 valence electrons. The van der Waals surface area contributed by atoms with E-state index in [1.54, 1.807) is 12.3 Å². The van der Waals surface area contributed by atoms with Crippen LogP contribution in [0.4, 0.5) is 0 Å². The van der Waals surface area contributed by atoms with Crippen LogP contribution in [0.1, 0.15) is 28.0 Å². The Balaban J connectivity index is 1.58. The van der Waals surface area contributed by atoms with E-state index in [1.165, 1.54) is 5.56 Å². The average Bonchev–Trinajstić information content (AvgIpc) is 2.88. The molecule has 1 aromatic heterocycles. The molecule has 2 aromatic rings. The number of benzene rings is 1. The van der Waals surface area contributed by atoms with E-state index < -0.39 is 0 Å². The van der Waals surface area contributed by atoms with Gasteiger partial charge in [-0.1, -0.05) is 18.2 Å². The summed E-state index contributed by atoms with van der Waals surface area (Å²) in [4.78, 5) is 20.9. The van der Waals surface area contributed by atoms with Gasteiger partial charge in [-0.15, -0.1) is 0 Å². The first-order valence-corrected chi connectivity index (χ1v) is 8.18. The SMILES string of the molecule is N#Cc1ccc(CN2CCCN(C(=O)c3ccccn3)CC2)cc1. The fourth-order valence-electron chi connectivity index (χ4n) is 2.93. The van der Waals surface area contributed by atoms with E-state index in [2.05, 4.69) is 16.0 Å². The third-order valence-corrected chi connectivity index (χ3v) is 4.25. The molecule has 1 aliphatic heterocycles. The van der Waals surface area contributed by atoms with Crippen LogP contribution in [0.3, 0.4) is 0 Å². The van der Waals surface area contributed by atoms with Gasteiger partial charge in [-0.2, -0.15) is 5.26 Å². The van der Waals surface area contributed by atoms with Crippen LogP contribution in [0.2, 0.25) is 0 Å². The Morgan fingerprint density at radius 3 is 2.62 bits per heavy atom. The molecule has 0 saturated carbocycles. The Kier molecular flexibility index (Phi) is 5.19. The summed E-state index contributed by atoms with van der Waals surface area (Å²) in [5, 5.41) is 8.86. The molecular weight excluding hydrogens is 300 g/mol. The maximum atomic E-state index is 12.5. The van der Waals surface area contributed by atoms with Crippen LogP contribution >= 0.6 is 0 Å². The topological polar surface area (TPSA) is 60.2 Å². The lowest BCUT2D eigenvalue weighted by Crippen LogP contribution is -2.35. The summed E-state index contributed by atoms with van der Waals surface area (Å²) in [5.74, 6) is 0.0100. The number of aromatic nitrogens is 1. The molecule has 0 radical (unpaired) electrons. The molecule has 3 rings (SSSR count). The van der Waals surface area contributed by atoms with Crippen LogP contribution in [0, 0.1) is 11.3 Å². The first kappa shape index (κ1) is 16.2. The van der Waals surface area contributed by atoms with Crippen molar-refractivity contribution in [2.24, 2.45) is 0 Å². The molecule has 2 heterocycles. The molecule has 1 saturated heterocycles. The van der Waals surface area contributed by atoms with Gasteiger partial charge in [0.2, 0.25) is 0 Å². The highest BCUT2D eigenvalue weighted by atomic mass is 16.2. The lowest BCUT2D eigenvalue weighted by atomic mass is 10.1. The van der Waals surface area contributed by atoms with Crippen molar-refractivity contribution in [2.45, 2.75) is 13.0 Å². The van der Waals surface area contributed by atoms with E-state index in [4.69, 9.17) is 5.26 Å². The van der Waals surface area contributed by atoms with Crippen LogP contribution in [0.15, 0.2) is 48.7 Å². The van der Waals surface area contributed by atoms with Crippen LogP contribution in [0.25, 0.3) is 0 Å². The molecule has 0 N–H and O–H groups in total. The Morgan fingerprint density at radius 1 is 1.08 bits per heavy atom. The summed E-state index contributed by atoms with van der Waals surface area (Å²) in [5.41, 5.74) is 2.39. The van der Waals surface area contributed by atoms with Crippen molar-refractivity contribution in [1.29, 1.82) is 5.26 Å². The van der Waals surface area contributed by atoms with Gasteiger partial charge in [0.1, 0.15) is 5.69 Å². The number of nitriles is 1. The minimum atomic E-state index is 0.0100. The summed E-state index contributed by atoms with van der Waals surface area (Å²) in [6.45, 7) is 4.13. The number of hydrogen-bond acceptors (Lipinski definition) is 4. The highest BCUT2D eigenvalue weighted by molar-refractivity contribution is 5.92. The third kappa shape index (κ3) is 3.98. The molecule has 0 aliphatic carbocycles. The van der Waals surface area contributed by atoms with Crippen LogP contribution in [0.5, 0.6) is 0 Å². The highest BCUT2D eigenvalue weighted by Crippen LogP contribution is 2.12. The van der Waals surface area contributed by atoms with E-state index in [0.29, 0.717) is 17.8 Å². The van der Waals surface area contributed by atoms with Crippen LogP contribution in [-0.4, -0.2) is 46.9 Å². The van der Waals surface area contributed by atoms with Gasteiger partial charge in [-0.3, -0.25) is 14.7 Å². The maximum Gasteiger partial charge on any atom is 0.272 e. The first-order chi connectivity index (χ1) is 11.8. The zero-order valence-corrected chi connectivity index (χ0v) is 13.6. The van der Waals surface area contributed by atoms with Crippen molar-refractivity contribution < 1.29 is 4.79 Å². The van der Waals surface area contributed by atoms with Gasteiger partial charge < -0.3 is 4.90 Å². The quantitative estimate of drug-likeness (QED) is 0.870. The molecule has 1 fully saturated rings. The standard InChI is InChI=1S/C19H20N4O/c20-14-16-5-7-17(8-6-16)15-22-10-3-11-23(13-12-22)19(24)18-4-1-2-9-21-18/h1-2,4-9H,3,10-13,15H2. The van der Waals surface area contributed by atoms with Crippen molar-refractivity contribution in [3.05, 3.63) is 65.5 Å². The maximum absolute atomic E-state index is 12.5. The Bertz CT molecular complexity index is 721. The summed E-state index contributed by atoms with van der Waals surface area (Å²) in [6, 6.07) is 15.3. The minimum Gasteiger partial charge on any atom is -0.336 e. The molecule has 0 bridgehead atoms. The summed E-state index contributed by atoms with van der Waals surface area (Å²) < 4.78 is 0. The third-order valence-electron chi connectivity index (χ3n) is 4.25. The van der Waals surface area contributed by atoms with E-state index in [9.17, 15) is 4.79 Å². The molecule has 1 aromatic carbocycles. The smallest absolute Gasteiger partial charge is 0.272 e. The second kappa shape index (κ2) is 7.71. The lowest BCUT2D eigenvalue weighted by molar-refractivity contribution is 0.0755. The van der Waals surface area contributed by atoms with Crippen LogP contribution in [-0.2, 0) is 6.54 Å². The van der Waals surface area contributed by atoms with Crippen molar-refractivity contribution in [3.63, 3.8) is 0 Å². The van der Waals surface area contributed by atoms with Gasteiger partial charge in [0, 0.05) is 38.9 Å². The van der Waals surface area contributed by atoms with Crippen molar-refractivity contribution >= 4 is 5.91 Å². The second-order valence-electron chi connectivity index (χ2n) is 5.95. The predicted octanol–water partition coefficient (Wildman–Crippen LogP) is 2.30. The summed E-state index contributed by atoms with van der Waals surface area (Å²) in [6.07, 6.45) is 2.61. The zero-order valence-electron chi connectivity index (χ0n) is 13.6. The molecule has 5 heteroatoms. The van der Waals surface area contributed by atoms with E-state index in [1.807, 2.05) is 41.3 Å². The molecule has 1 aliphatic rings. The lowest BCUT2D eigenvalue weighted by Gasteiger charge is -2.21. The minimum absolute atomic E-state index is 0.0100. The number of amides is 1. The fraction of sp³-hybridized carbons (Fsp3) is 0.316. The molecule has 0 unspecified atom stereocenters. The van der Waals surface area contributed by atoms with Crippen molar-refractivity contribution in [1.82, 2.24) is 14.8 Å². The fourth-order valence-corrected chi connectivity index (χ4v) is 2.93. The summed E-state index contributed by atoms with van der Waals surface area (Å²) >= 11 is 0. The number of pyridine rings is 1. The van der Waals surface area contributed by atoms with Crippen LogP contribution < -0.4 is 0 Å². The van der Waals surface area contributed by atoms with Gasteiger partial charge in [0.15, 0.2) is 0 Å². The van der Waals surface area contributed by atoms with Gasteiger partial charge in [0.25, 0.3) is 5.91 Å². The molecule has 0 spiro atoms. The van der Waals surface area contributed by atoms with E-state index in [0.717, 1.165) is 32.6 Å². The largest absolute Gasteiger partial charge is 0.336 e. The Hall–Kier alpha value is -2.71. The molecular formula is C19H20N4O. The second-order valence-corrected chi connectivity index (χ2v) is 5.95. The van der Waals surface area contributed by atoms with E-state index in [-0.39, 0.29) is 5.91 Å². The number of rotatable bonds is 3. The molecule has 24 heavy (non-hydrogen) atoms. The van der Waals surface area contributed by atoms with Gasteiger partial charge in [-0.05, 0) is 36.2 Å². The monoisotopic (exact) mass is 320 g/mol. The number of hydrogen-bond donors (Lipinski definition) is 0. The van der Waals surface area contributed by atoms with Crippen molar-refractivity contribution in [2.75, 3.05) is 26.2 Å². The van der Waals surface area contributed by atoms with Gasteiger partial charge in [-0.25, -0.2) is 0 Å². The summed E-state index contributed by atoms with van der Waals surface area (Å²) in [7, 11) is 0. The Labute approximate surface area is 142 Å². The number of nitrogens with zero attached hydrogens (tertiary/aromatic N) is 4. The first-order valence-electron chi connectivity index (χ1n) is 8.18. The normalized spacial score (nSPS) is 15.5. The molecule has 0 atom stereocenters. The van der Waals surface area contributed by atoms with E-state index >= 15 is 0 Å². The van der Waals surface area contributed by atoms with Gasteiger partial charge in [0.05, 0.1) is 11.6 Å². The number of carbonyl (C=O) groups is 1. The zero-order chi connectivity index (χ0) is 16.8. The molecule has 5 nitrogen and oxygen atoms in total. The van der Waals surface area contributed by atoms with Gasteiger partial charge >= 0.3 is 0 Å². The van der Waals surface area contributed by atoms with Crippen molar-refractivity contribution in [3.8, 4) is 6.07 Å². The average molecular weight is 320 g/mol. The Morgan fingerprint density at radius 2 is 1.92 bits per heavy atom. The number of carbonyl (C=O) groups excluding carboxylic acids is 1. The molecule has 1 amide bonds.